The van der Waals surface area contributed by atoms with Gasteiger partial charge in [0, 0.05) is 17.2 Å². The smallest absolute Gasteiger partial charge is 0.159 e. The number of nitriles is 1. The summed E-state index contributed by atoms with van der Waals surface area (Å²) in [6, 6.07) is 17.1. The summed E-state index contributed by atoms with van der Waals surface area (Å²) in [6.45, 7) is 5.62. The summed E-state index contributed by atoms with van der Waals surface area (Å²) < 4.78 is 5.88. The molecule has 0 spiro atoms. The van der Waals surface area contributed by atoms with E-state index in [4.69, 9.17) is 4.42 Å². The average Bonchev–Trinajstić information content (AvgIpc) is 3.33. The van der Waals surface area contributed by atoms with Gasteiger partial charge in [0.15, 0.2) is 5.78 Å². The molecule has 142 valence electrons. The van der Waals surface area contributed by atoms with E-state index in [1.165, 1.54) is 12.5 Å². The van der Waals surface area contributed by atoms with Gasteiger partial charge in [-0.3, -0.25) is 4.79 Å². The van der Waals surface area contributed by atoms with Crippen molar-refractivity contribution in [1.82, 2.24) is 9.97 Å². The predicted molar refractivity (Wildman–Crippen MR) is 113 cm³/mol. The summed E-state index contributed by atoms with van der Waals surface area (Å²) in [5.74, 6) is 1.75. The van der Waals surface area contributed by atoms with Gasteiger partial charge in [0.25, 0.3) is 0 Å². The van der Waals surface area contributed by atoms with Gasteiger partial charge < -0.3 is 9.40 Å². The number of carbonyl (C=O) groups is 1. The topological polar surface area (TPSA) is 82.7 Å². The van der Waals surface area contributed by atoms with Crippen LogP contribution in [-0.4, -0.2) is 15.8 Å². The largest absolute Gasteiger partial charge is 0.457 e. The van der Waals surface area contributed by atoms with E-state index in [0.717, 1.165) is 22.2 Å². The second-order valence-corrected chi connectivity index (χ2v) is 7.04. The van der Waals surface area contributed by atoms with E-state index in [9.17, 15) is 10.1 Å². The number of hydrogen-bond acceptors (Lipinski definition) is 4. The van der Waals surface area contributed by atoms with Crippen molar-refractivity contribution in [3.63, 3.8) is 0 Å². The highest BCUT2D eigenvalue weighted by Gasteiger charge is 2.11. The zero-order chi connectivity index (χ0) is 20.5. The van der Waals surface area contributed by atoms with Gasteiger partial charge in [-0.05, 0) is 56.2 Å². The summed E-state index contributed by atoms with van der Waals surface area (Å²) in [5.41, 5.74) is 5.96. The van der Waals surface area contributed by atoms with Gasteiger partial charge in [-0.2, -0.15) is 5.26 Å². The van der Waals surface area contributed by atoms with Crippen LogP contribution in [-0.2, 0) is 0 Å². The summed E-state index contributed by atoms with van der Waals surface area (Å²) in [6.07, 6.45) is 1.67. The normalized spacial score (nSPS) is 11.6. The lowest BCUT2D eigenvalue weighted by atomic mass is 10.1. The lowest BCUT2D eigenvalue weighted by Crippen LogP contribution is -1.90. The Morgan fingerprint density at radius 1 is 1.10 bits per heavy atom. The molecule has 5 heteroatoms. The molecule has 0 bridgehead atoms. The summed E-state index contributed by atoms with van der Waals surface area (Å²) >= 11 is 0. The number of furan rings is 1. The molecule has 2 aromatic heterocycles. The van der Waals surface area contributed by atoms with Crippen LogP contribution in [0.1, 0.15) is 40.0 Å². The Balaban J connectivity index is 1.66. The molecule has 0 fully saturated rings. The maximum atomic E-state index is 11.4. The van der Waals surface area contributed by atoms with Crippen LogP contribution in [0.3, 0.4) is 0 Å². The van der Waals surface area contributed by atoms with Gasteiger partial charge >= 0.3 is 0 Å². The number of aryl methyl sites for hydroxylation is 2. The third kappa shape index (κ3) is 3.61. The highest BCUT2D eigenvalue weighted by atomic mass is 16.3. The third-order valence-corrected chi connectivity index (χ3v) is 4.96. The quantitative estimate of drug-likeness (QED) is 0.363. The van der Waals surface area contributed by atoms with Gasteiger partial charge in [-0.25, -0.2) is 4.98 Å². The van der Waals surface area contributed by atoms with E-state index in [0.29, 0.717) is 28.5 Å². The fraction of sp³-hybridized carbons (Fsp3) is 0.125. The van der Waals surface area contributed by atoms with E-state index in [1.807, 2.05) is 50.2 Å². The SMILES string of the molecule is CC(=O)c1ccc(-c2ccc(/C=C(\C#N)c3nc4cc(C)c(C)cc4[nH]3)o2)cc1. The van der Waals surface area contributed by atoms with E-state index in [1.54, 1.807) is 18.2 Å². The van der Waals surface area contributed by atoms with E-state index >= 15 is 0 Å². The highest BCUT2D eigenvalue weighted by molar-refractivity contribution is 5.94. The first kappa shape index (κ1) is 18.5. The Labute approximate surface area is 168 Å². The number of benzene rings is 2. The van der Waals surface area contributed by atoms with Gasteiger partial charge in [0.2, 0.25) is 0 Å². The Kier molecular flexibility index (Phi) is 4.61. The Bertz CT molecular complexity index is 1260. The summed E-state index contributed by atoms with van der Waals surface area (Å²) in [5, 5.41) is 9.63. The van der Waals surface area contributed by atoms with Crippen LogP contribution in [0.4, 0.5) is 0 Å². The molecule has 0 saturated heterocycles. The van der Waals surface area contributed by atoms with E-state index in [-0.39, 0.29) is 5.78 Å². The molecule has 29 heavy (non-hydrogen) atoms. The molecule has 0 radical (unpaired) electrons. The fourth-order valence-electron chi connectivity index (χ4n) is 3.15. The van der Waals surface area contributed by atoms with Gasteiger partial charge in [-0.15, -0.1) is 0 Å². The number of allylic oxidation sites excluding steroid dienone is 1. The number of nitrogens with zero attached hydrogens (tertiary/aromatic N) is 2. The van der Waals surface area contributed by atoms with Crippen LogP contribution < -0.4 is 0 Å². The minimum Gasteiger partial charge on any atom is -0.457 e. The van der Waals surface area contributed by atoms with Crippen LogP contribution in [0.5, 0.6) is 0 Å². The second-order valence-electron chi connectivity index (χ2n) is 7.04. The monoisotopic (exact) mass is 381 g/mol. The molecule has 0 unspecified atom stereocenters. The molecule has 0 aliphatic rings. The number of fused-ring (bicyclic) bond motifs is 1. The number of carbonyl (C=O) groups excluding carboxylic acids is 1. The number of Topliss-reactive ketones (excluding diaryl/α,β-unsaturated/α-hetero) is 1. The first-order chi connectivity index (χ1) is 13.9. The Morgan fingerprint density at radius 3 is 2.52 bits per heavy atom. The fourth-order valence-corrected chi connectivity index (χ4v) is 3.15. The molecule has 0 aliphatic heterocycles. The van der Waals surface area contributed by atoms with Crippen molar-refractivity contribution < 1.29 is 9.21 Å². The maximum absolute atomic E-state index is 11.4. The number of aromatic amines is 1. The van der Waals surface area contributed by atoms with Crippen molar-refractivity contribution in [1.29, 1.82) is 5.26 Å². The zero-order valence-corrected chi connectivity index (χ0v) is 16.4. The van der Waals surface area contributed by atoms with Crippen molar-refractivity contribution in [3.8, 4) is 17.4 Å². The molecule has 2 aromatic carbocycles. The standard InChI is InChI=1S/C24H19N3O2/c1-14-10-21-22(11-15(14)2)27-24(26-21)19(13-25)12-20-8-9-23(29-20)18-6-4-17(5-7-18)16(3)28/h4-12H,1-3H3,(H,26,27)/b19-12+. The molecule has 0 atom stereocenters. The van der Waals surface area contributed by atoms with Crippen molar-refractivity contribution in [2.75, 3.05) is 0 Å². The number of hydrogen-bond donors (Lipinski definition) is 1. The number of aromatic nitrogens is 2. The highest BCUT2D eigenvalue weighted by Crippen LogP contribution is 2.26. The second kappa shape index (κ2) is 7.25. The maximum Gasteiger partial charge on any atom is 0.159 e. The number of ketones is 1. The number of nitrogens with one attached hydrogen (secondary N) is 1. The van der Waals surface area contributed by atoms with Gasteiger partial charge in [0.1, 0.15) is 23.4 Å². The molecule has 1 N–H and O–H groups in total. The van der Waals surface area contributed by atoms with Gasteiger partial charge in [0.05, 0.1) is 16.6 Å². The van der Waals surface area contributed by atoms with E-state index in [2.05, 4.69) is 16.0 Å². The van der Waals surface area contributed by atoms with Crippen molar-refractivity contribution >= 4 is 28.5 Å². The lowest BCUT2D eigenvalue weighted by Gasteiger charge is -1.99. The van der Waals surface area contributed by atoms with Crippen LogP contribution in [0.15, 0.2) is 52.9 Å². The predicted octanol–water partition coefficient (Wildman–Crippen LogP) is 5.71. The summed E-state index contributed by atoms with van der Waals surface area (Å²) in [4.78, 5) is 19.2. The molecule has 0 saturated carbocycles. The molecule has 5 nitrogen and oxygen atoms in total. The minimum absolute atomic E-state index is 0.0227. The van der Waals surface area contributed by atoms with Gasteiger partial charge in [-0.1, -0.05) is 24.3 Å². The molecular weight excluding hydrogens is 362 g/mol. The Morgan fingerprint density at radius 2 is 1.83 bits per heavy atom. The first-order valence-corrected chi connectivity index (χ1v) is 9.25. The van der Waals surface area contributed by atoms with Crippen LogP contribution in [0.25, 0.3) is 34.0 Å². The van der Waals surface area contributed by atoms with Crippen molar-refractivity contribution in [2.24, 2.45) is 0 Å². The molecule has 0 amide bonds. The molecular formula is C24H19N3O2. The van der Waals surface area contributed by atoms with Crippen LogP contribution >= 0.6 is 0 Å². The van der Waals surface area contributed by atoms with Crippen LogP contribution in [0.2, 0.25) is 0 Å². The van der Waals surface area contributed by atoms with Crippen molar-refractivity contribution in [3.05, 3.63) is 76.8 Å². The summed E-state index contributed by atoms with van der Waals surface area (Å²) in [7, 11) is 0. The molecule has 4 aromatic rings. The molecule has 2 heterocycles. The molecule has 0 aliphatic carbocycles. The van der Waals surface area contributed by atoms with Crippen LogP contribution in [0, 0.1) is 25.2 Å². The Hall–Kier alpha value is -3.91. The van der Waals surface area contributed by atoms with E-state index < -0.39 is 0 Å². The number of rotatable bonds is 4. The third-order valence-electron chi connectivity index (χ3n) is 4.96. The van der Waals surface area contributed by atoms with Crippen molar-refractivity contribution in [2.45, 2.75) is 20.8 Å². The first-order valence-electron chi connectivity index (χ1n) is 9.25. The molecule has 4 rings (SSSR count). The lowest BCUT2D eigenvalue weighted by molar-refractivity contribution is 0.101. The minimum atomic E-state index is 0.0227. The number of imidazole rings is 1. The average molecular weight is 381 g/mol. The number of H-pyrrole nitrogens is 1. The zero-order valence-electron chi connectivity index (χ0n) is 16.4.